The van der Waals surface area contributed by atoms with Crippen LogP contribution in [0.25, 0.3) is 10.2 Å². The predicted octanol–water partition coefficient (Wildman–Crippen LogP) is 4.02. The van der Waals surface area contributed by atoms with E-state index >= 15 is 0 Å². The number of para-hydroxylation sites is 1. The molecule has 0 spiro atoms. The van der Waals surface area contributed by atoms with Gasteiger partial charge in [0.2, 0.25) is 0 Å². The SMILES string of the molecule is CC(C)CCNCCSc1nc2ccccc2s1. The van der Waals surface area contributed by atoms with Crippen LogP contribution in [0.4, 0.5) is 0 Å². The Hall–Kier alpha value is -0.580. The van der Waals surface area contributed by atoms with Crippen molar-refractivity contribution in [3.05, 3.63) is 24.3 Å². The molecule has 0 fully saturated rings. The fourth-order valence-electron chi connectivity index (χ4n) is 1.64. The van der Waals surface area contributed by atoms with Gasteiger partial charge in [0.15, 0.2) is 4.34 Å². The average Bonchev–Trinajstić information content (AvgIpc) is 2.75. The molecule has 4 heteroatoms. The number of hydrogen-bond donors (Lipinski definition) is 1. The molecule has 0 aliphatic heterocycles. The van der Waals surface area contributed by atoms with E-state index in [4.69, 9.17) is 0 Å². The maximum Gasteiger partial charge on any atom is 0.151 e. The minimum atomic E-state index is 0.786. The second-order valence-corrected chi connectivity index (χ2v) is 7.10. The Morgan fingerprint density at radius 3 is 2.89 bits per heavy atom. The van der Waals surface area contributed by atoms with E-state index in [1.165, 1.54) is 15.5 Å². The fourth-order valence-corrected chi connectivity index (χ4v) is 3.67. The van der Waals surface area contributed by atoms with Gasteiger partial charge >= 0.3 is 0 Å². The first-order valence-electron chi connectivity index (χ1n) is 6.45. The molecule has 0 saturated heterocycles. The maximum atomic E-state index is 4.61. The van der Waals surface area contributed by atoms with Crippen LogP contribution >= 0.6 is 23.1 Å². The molecule has 0 saturated carbocycles. The lowest BCUT2D eigenvalue weighted by molar-refractivity contribution is 0.547. The molecule has 0 unspecified atom stereocenters. The van der Waals surface area contributed by atoms with Gasteiger partial charge in [-0.1, -0.05) is 37.7 Å². The maximum absolute atomic E-state index is 4.61. The zero-order chi connectivity index (χ0) is 12.8. The Labute approximate surface area is 117 Å². The molecular formula is C14H20N2S2. The van der Waals surface area contributed by atoms with E-state index in [2.05, 4.69) is 42.3 Å². The second kappa shape index (κ2) is 7.12. The highest BCUT2D eigenvalue weighted by molar-refractivity contribution is 8.01. The minimum Gasteiger partial charge on any atom is -0.316 e. The monoisotopic (exact) mass is 280 g/mol. The van der Waals surface area contributed by atoms with Crippen molar-refractivity contribution in [3.8, 4) is 0 Å². The first-order chi connectivity index (χ1) is 8.75. The minimum absolute atomic E-state index is 0.786. The van der Waals surface area contributed by atoms with Gasteiger partial charge in [0.05, 0.1) is 10.2 Å². The van der Waals surface area contributed by atoms with Gasteiger partial charge in [0, 0.05) is 12.3 Å². The van der Waals surface area contributed by atoms with Crippen molar-refractivity contribution in [1.29, 1.82) is 0 Å². The molecule has 18 heavy (non-hydrogen) atoms. The molecule has 0 aliphatic carbocycles. The summed E-state index contributed by atoms with van der Waals surface area (Å²) in [6.45, 7) is 6.71. The molecule has 0 amide bonds. The molecule has 1 aromatic carbocycles. The highest BCUT2D eigenvalue weighted by Gasteiger charge is 2.02. The van der Waals surface area contributed by atoms with Crippen LogP contribution in [-0.2, 0) is 0 Å². The Kier molecular flexibility index (Phi) is 5.47. The summed E-state index contributed by atoms with van der Waals surface area (Å²) in [5.41, 5.74) is 1.12. The van der Waals surface area contributed by atoms with Crippen molar-refractivity contribution < 1.29 is 0 Å². The van der Waals surface area contributed by atoms with Crippen LogP contribution in [0.1, 0.15) is 20.3 Å². The third-order valence-electron chi connectivity index (χ3n) is 2.68. The van der Waals surface area contributed by atoms with Gasteiger partial charge in [-0.25, -0.2) is 4.98 Å². The molecule has 1 heterocycles. The van der Waals surface area contributed by atoms with Gasteiger partial charge in [0.25, 0.3) is 0 Å². The first kappa shape index (κ1) is 13.8. The summed E-state index contributed by atoms with van der Waals surface area (Å²) in [5, 5.41) is 3.48. The van der Waals surface area contributed by atoms with Crippen molar-refractivity contribution in [3.63, 3.8) is 0 Å². The van der Waals surface area contributed by atoms with Crippen LogP contribution in [0.15, 0.2) is 28.6 Å². The molecule has 0 aliphatic rings. The van der Waals surface area contributed by atoms with E-state index in [1.807, 2.05) is 17.8 Å². The Morgan fingerprint density at radius 1 is 1.28 bits per heavy atom. The molecule has 1 N–H and O–H groups in total. The van der Waals surface area contributed by atoms with E-state index in [-0.39, 0.29) is 0 Å². The van der Waals surface area contributed by atoms with Gasteiger partial charge in [-0.05, 0) is 31.0 Å². The molecule has 0 radical (unpaired) electrons. The standard InChI is InChI=1S/C14H20N2S2/c1-11(2)7-8-15-9-10-17-14-16-12-5-3-4-6-13(12)18-14/h3-6,11,15H,7-10H2,1-2H3. The lowest BCUT2D eigenvalue weighted by Crippen LogP contribution is -2.19. The highest BCUT2D eigenvalue weighted by Crippen LogP contribution is 2.28. The number of benzene rings is 1. The number of thiazole rings is 1. The van der Waals surface area contributed by atoms with Crippen LogP contribution in [0, 0.1) is 5.92 Å². The van der Waals surface area contributed by atoms with Gasteiger partial charge in [-0.15, -0.1) is 11.3 Å². The molecule has 0 bridgehead atoms. The highest BCUT2D eigenvalue weighted by atomic mass is 32.2. The van der Waals surface area contributed by atoms with Gasteiger partial charge in [-0.3, -0.25) is 0 Å². The summed E-state index contributed by atoms with van der Waals surface area (Å²) >= 11 is 3.64. The van der Waals surface area contributed by atoms with Gasteiger partial charge < -0.3 is 5.32 Å². The van der Waals surface area contributed by atoms with E-state index in [9.17, 15) is 0 Å². The quantitative estimate of drug-likeness (QED) is 0.612. The normalized spacial score (nSPS) is 11.5. The Balaban J connectivity index is 1.70. The van der Waals surface area contributed by atoms with Crippen LogP contribution in [0.3, 0.4) is 0 Å². The number of aromatic nitrogens is 1. The molecule has 2 nitrogen and oxygen atoms in total. The summed E-state index contributed by atoms with van der Waals surface area (Å²) < 4.78 is 2.47. The van der Waals surface area contributed by atoms with E-state index in [0.29, 0.717) is 0 Å². The zero-order valence-electron chi connectivity index (χ0n) is 11.0. The summed E-state index contributed by atoms with van der Waals surface area (Å²) in [7, 11) is 0. The lowest BCUT2D eigenvalue weighted by Gasteiger charge is -2.05. The van der Waals surface area contributed by atoms with Crippen molar-refractivity contribution in [2.75, 3.05) is 18.8 Å². The summed E-state index contributed by atoms with van der Waals surface area (Å²) in [5.74, 6) is 1.88. The number of rotatable bonds is 7. The molecule has 2 aromatic rings. The number of fused-ring (bicyclic) bond motifs is 1. The average molecular weight is 280 g/mol. The number of nitrogens with one attached hydrogen (secondary N) is 1. The topological polar surface area (TPSA) is 24.9 Å². The van der Waals surface area contributed by atoms with Gasteiger partial charge in [0.1, 0.15) is 0 Å². The molecule has 1 aromatic heterocycles. The van der Waals surface area contributed by atoms with Crippen molar-refractivity contribution >= 4 is 33.3 Å². The number of thioether (sulfide) groups is 1. The second-order valence-electron chi connectivity index (χ2n) is 4.73. The van der Waals surface area contributed by atoms with Crippen molar-refractivity contribution in [1.82, 2.24) is 10.3 Å². The first-order valence-corrected chi connectivity index (χ1v) is 8.25. The van der Waals surface area contributed by atoms with E-state index in [1.54, 1.807) is 11.3 Å². The molecular weight excluding hydrogens is 260 g/mol. The van der Waals surface area contributed by atoms with Crippen LogP contribution in [-0.4, -0.2) is 23.8 Å². The van der Waals surface area contributed by atoms with Crippen LogP contribution in [0.5, 0.6) is 0 Å². The summed E-state index contributed by atoms with van der Waals surface area (Å²) in [4.78, 5) is 4.61. The zero-order valence-corrected chi connectivity index (χ0v) is 12.6. The molecule has 0 atom stereocenters. The lowest BCUT2D eigenvalue weighted by atomic mass is 10.1. The third kappa shape index (κ3) is 4.26. The smallest absolute Gasteiger partial charge is 0.151 e. The number of hydrogen-bond acceptors (Lipinski definition) is 4. The predicted molar refractivity (Wildman–Crippen MR) is 82.7 cm³/mol. The third-order valence-corrected chi connectivity index (χ3v) is 4.86. The van der Waals surface area contributed by atoms with Crippen LogP contribution in [0.2, 0.25) is 0 Å². The van der Waals surface area contributed by atoms with Crippen molar-refractivity contribution in [2.45, 2.75) is 24.6 Å². The fraction of sp³-hybridized carbons (Fsp3) is 0.500. The van der Waals surface area contributed by atoms with Crippen molar-refractivity contribution in [2.24, 2.45) is 5.92 Å². The largest absolute Gasteiger partial charge is 0.316 e. The molecule has 2 rings (SSSR count). The van der Waals surface area contributed by atoms with E-state index < -0.39 is 0 Å². The summed E-state index contributed by atoms with van der Waals surface area (Å²) in [6, 6.07) is 8.33. The van der Waals surface area contributed by atoms with E-state index in [0.717, 1.165) is 30.3 Å². The Morgan fingerprint density at radius 2 is 2.11 bits per heavy atom. The van der Waals surface area contributed by atoms with Gasteiger partial charge in [-0.2, -0.15) is 0 Å². The number of nitrogens with zero attached hydrogens (tertiary/aromatic N) is 1. The Bertz CT molecular complexity index is 446. The molecule has 98 valence electrons. The summed E-state index contributed by atoms with van der Waals surface area (Å²) in [6.07, 6.45) is 1.26. The van der Waals surface area contributed by atoms with Crippen LogP contribution < -0.4 is 5.32 Å².